The van der Waals surface area contributed by atoms with Crippen LogP contribution in [0.2, 0.25) is 0 Å². The Balaban J connectivity index is 2.18. The van der Waals surface area contributed by atoms with Crippen molar-refractivity contribution in [2.45, 2.75) is 12.1 Å². The van der Waals surface area contributed by atoms with E-state index in [1.807, 2.05) is 42.9 Å². The molecule has 1 aromatic carbocycles. The Morgan fingerprint density at radius 3 is 2.90 bits per heavy atom. The summed E-state index contributed by atoms with van der Waals surface area (Å²) in [6.45, 7) is 2.02. The third-order valence-electron chi connectivity index (χ3n) is 3.05. The summed E-state index contributed by atoms with van der Waals surface area (Å²) in [7, 11) is 1.85. The molecule has 0 aliphatic rings. The Kier molecular flexibility index (Phi) is 3.42. The van der Waals surface area contributed by atoms with E-state index in [0.29, 0.717) is 5.16 Å². The van der Waals surface area contributed by atoms with E-state index < -0.39 is 5.97 Å². The van der Waals surface area contributed by atoms with Crippen LogP contribution in [0.3, 0.4) is 0 Å². The van der Waals surface area contributed by atoms with Crippen molar-refractivity contribution in [2.24, 2.45) is 7.05 Å². The molecule has 0 unspecified atom stereocenters. The van der Waals surface area contributed by atoms with E-state index in [4.69, 9.17) is 5.11 Å². The average molecular weight is 302 g/mol. The lowest BCUT2D eigenvalue weighted by molar-refractivity contribution is -0.133. The van der Waals surface area contributed by atoms with E-state index >= 15 is 0 Å². The maximum absolute atomic E-state index is 10.8. The number of nitrogens with zero attached hydrogens (tertiary/aromatic N) is 4. The zero-order valence-corrected chi connectivity index (χ0v) is 12.5. The maximum atomic E-state index is 10.8. The first-order valence-electron chi connectivity index (χ1n) is 6.37. The molecule has 0 atom stereocenters. The van der Waals surface area contributed by atoms with Gasteiger partial charge in [-0.2, -0.15) is 5.10 Å². The molecule has 0 bridgehead atoms. The lowest BCUT2D eigenvalue weighted by Gasteiger charge is -2.05. The Morgan fingerprint density at radius 2 is 2.24 bits per heavy atom. The number of carbonyl (C=O) groups is 1. The molecule has 0 radical (unpaired) electrons. The van der Waals surface area contributed by atoms with E-state index in [1.54, 1.807) is 10.9 Å². The van der Waals surface area contributed by atoms with E-state index in [9.17, 15) is 4.79 Å². The van der Waals surface area contributed by atoms with E-state index in [2.05, 4.69) is 10.1 Å². The molecule has 3 aromatic rings. The predicted molar refractivity (Wildman–Crippen MR) is 80.9 cm³/mol. The summed E-state index contributed by atoms with van der Waals surface area (Å²) in [6, 6.07) is 5.98. The zero-order chi connectivity index (χ0) is 15.0. The van der Waals surface area contributed by atoms with Gasteiger partial charge in [-0.25, -0.2) is 4.98 Å². The second-order valence-electron chi connectivity index (χ2n) is 4.78. The van der Waals surface area contributed by atoms with Crippen LogP contribution in [0.25, 0.3) is 16.7 Å². The molecular weight excluding hydrogens is 288 g/mol. The molecule has 6 nitrogen and oxygen atoms in total. The number of carboxylic acid groups (broad SMARTS) is 1. The summed E-state index contributed by atoms with van der Waals surface area (Å²) < 4.78 is 3.66. The summed E-state index contributed by atoms with van der Waals surface area (Å²) >= 11 is 1.21. The van der Waals surface area contributed by atoms with Crippen molar-refractivity contribution in [3.63, 3.8) is 0 Å². The summed E-state index contributed by atoms with van der Waals surface area (Å²) in [6.07, 6.45) is 3.63. The quantitative estimate of drug-likeness (QED) is 0.748. The Morgan fingerprint density at radius 1 is 1.43 bits per heavy atom. The van der Waals surface area contributed by atoms with Crippen LogP contribution in [0.5, 0.6) is 0 Å². The second-order valence-corrected chi connectivity index (χ2v) is 5.72. The van der Waals surface area contributed by atoms with E-state index in [-0.39, 0.29) is 5.75 Å². The van der Waals surface area contributed by atoms with Gasteiger partial charge in [0.15, 0.2) is 5.16 Å². The lowest BCUT2D eigenvalue weighted by atomic mass is 10.2. The zero-order valence-electron chi connectivity index (χ0n) is 11.6. The van der Waals surface area contributed by atoms with Gasteiger partial charge < -0.3 is 5.11 Å². The van der Waals surface area contributed by atoms with Crippen LogP contribution < -0.4 is 0 Å². The summed E-state index contributed by atoms with van der Waals surface area (Å²) in [5.41, 5.74) is 3.80. The SMILES string of the molecule is Cc1ccc2nc(SCC(=O)O)n(-c3cnn(C)c3)c2c1. The molecule has 0 fully saturated rings. The second kappa shape index (κ2) is 5.25. The maximum Gasteiger partial charge on any atom is 0.313 e. The molecule has 1 N–H and O–H groups in total. The molecule has 7 heteroatoms. The van der Waals surface area contributed by atoms with Gasteiger partial charge in [-0.15, -0.1) is 0 Å². The number of aliphatic carboxylic acids is 1. The highest BCUT2D eigenvalue weighted by Gasteiger charge is 2.15. The minimum absolute atomic E-state index is 0.0252. The number of rotatable bonds is 4. The third kappa shape index (κ3) is 2.64. The number of imidazole rings is 1. The van der Waals surface area contributed by atoms with Crippen molar-refractivity contribution < 1.29 is 9.90 Å². The molecule has 2 heterocycles. The largest absolute Gasteiger partial charge is 0.481 e. The highest BCUT2D eigenvalue weighted by Crippen LogP contribution is 2.28. The minimum Gasteiger partial charge on any atom is -0.481 e. The van der Waals surface area contributed by atoms with Crippen LogP contribution in [0.1, 0.15) is 5.56 Å². The van der Waals surface area contributed by atoms with Crippen molar-refractivity contribution in [1.29, 1.82) is 0 Å². The molecule has 0 spiro atoms. The van der Waals surface area contributed by atoms with Gasteiger partial charge in [-0.3, -0.25) is 14.0 Å². The minimum atomic E-state index is -0.860. The van der Waals surface area contributed by atoms with Crippen molar-refractivity contribution >= 4 is 28.8 Å². The molecule has 108 valence electrons. The van der Waals surface area contributed by atoms with Gasteiger partial charge in [0.25, 0.3) is 0 Å². The first kappa shape index (κ1) is 13.7. The van der Waals surface area contributed by atoms with Crippen LogP contribution in [0, 0.1) is 6.92 Å². The standard InChI is InChI=1S/C14H14N4O2S/c1-9-3-4-11-12(5-9)18(10-6-15-17(2)7-10)14(16-11)21-8-13(19)20/h3-7H,8H2,1-2H3,(H,19,20). The van der Waals surface area contributed by atoms with E-state index in [1.165, 1.54) is 11.8 Å². The molecule has 21 heavy (non-hydrogen) atoms. The van der Waals surface area contributed by atoms with Crippen molar-refractivity contribution in [3.05, 3.63) is 36.2 Å². The number of hydrogen-bond donors (Lipinski definition) is 1. The van der Waals surface area contributed by atoms with Gasteiger partial charge in [0.05, 0.1) is 28.7 Å². The monoisotopic (exact) mass is 302 g/mol. The molecule has 3 rings (SSSR count). The van der Waals surface area contributed by atoms with Crippen LogP contribution in [0.4, 0.5) is 0 Å². The summed E-state index contributed by atoms with van der Waals surface area (Å²) in [5.74, 6) is -0.885. The average Bonchev–Trinajstić information content (AvgIpc) is 2.99. The van der Waals surface area contributed by atoms with Crippen molar-refractivity contribution in [2.75, 3.05) is 5.75 Å². The number of aryl methyl sites for hydroxylation is 2. The molecule has 2 aromatic heterocycles. The van der Waals surface area contributed by atoms with Crippen molar-refractivity contribution in [1.82, 2.24) is 19.3 Å². The van der Waals surface area contributed by atoms with Gasteiger partial charge in [0.1, 0.15) is 0 Å². The Hall–Kier alpha value is -2.28. The number of benzene rings is 1. The smallest absolute Gasteiger partial charge is 0.313 e. The first-order chi connectivity index (χ1) is 10.0. The highest BCUT2D eigenvalue weighted by atomic mass is 32.2. The van der Waals surface area contributed by atoms with Crippen molar-refractivity contribution in [3.8, 4) is 5.69 Å². The number of hydrogen-bond acceptors (Lipinski definition) is 4. The predicted octanol–water partition coefficient (Wildman–Crippen LogP) is 2.24. The number of carboxylic acids is 1. The molecule has 0 saturated carbocycles. The van der Waals surface area contributed by atoms with Crippen LogP contribution in [0.15, 0.2) is 35.7 Å². The highest BCUT2D eigenvalue weighted by molar-refractivity contribution is 7.99. The van der Waals surface area contributed by atoms with Gasteiger partial charge in [0, 0.05) is 13.2 Å². The topological polar surface area (TPSA) is 72.9 Å². The number of fused-ring (bicyclic) bond motifs is 1. The van der Waals surface area contributed by atoms with Gasteiger partial charge >= 0.3 is 5.97 Å². The van der Waals surface area contributed by atoms with Crippen LogP contribution >= 0.6 is 11.8 Å². The lowest BCUT2D eigenvalue weighted by Crippen LogP contribution is -2.01. The molecular formula is C14H14N4O2S. The fraction of sp³-hybridized carbons (Fsp3) is 0.214. The first-order valence-corrected chi connectivity index (χ1v) is 7.36. The summed E-state index contributed by atoms with van der Waals surface area (Å²) in [5, 5.41) is 13.7. The fourth-order valence-electron chi connectivity index (χ4n) is 2.16. The van der Waals surface area contributed by atoms with Crippen LogP contribution in [-0.4, -0.2) is 36.2 Å². The molecule has 0 amide bonds. The van der Waals surface area contributed by atoms with E-state index in [0.717, 1.165) is 22.3 Å². The molecule has 0 aliphatic carbocycles. The molecule has 0 saturated heterocycles. The number of aromatic nitrogens is 4. The Bertz CT molecular complexity index is 822. The fourth-order valence-corrected chi connectivity index (χ4v) is 2.91. The summed E-state index contributed by atoms with van der Waals surface area (Å²) in [4.78, 5) is 15.4. The van der Waals surface area contributed by atoms with Gasteiger partial charge in [0.2, 0.25) is 0 Å². The van der Waals surface area contributed by atoms with Gasteiger partial charge in [-0.1, -0.05) is 17.8 Å². The Labute approximate surface area is 125 Å². The van der Waals surface area contributed by atoms with Gasteiger partial charge in [-0.05, 0) is 24.6 Å². The third-order valence-corrected chi connectivity index (χ3v) is 3.98. The molecule has 0 aliphatic heterocycles. The normalized spacial score (nSPS) is 11.1. The number of thioether (sulfide) groups is 1. The van der Waals surface area contributed by atoms with Crippen LogP contribution in [-0.2, 0) is 11.8 Å².